The maximum Gasteiger partial charge on any atom is 0.238 e. The molecule has 4 nitrogen and oxygen atoms in total. The highest BCUT2D eigenvalue weighted by atomic mass is 19.2. The summed E-state index contributed by atoms with van der Waals surface area (Å²) in [6.45, 7) is 3.12. The van der Waals surface area contributed by atoms with Gasteiger partial charge in [0.1, 0.15) is 0 Å². The van der Waals surface area contributed by atoms with Crippen molar-refractivity contribution in [1.29, 1.82) is 0 Å². The summed E-state index contributed by atoms with van der Waals surface area (Å²) >= 11 is 0. The molecule has 1 heterocycles. The van der Waals surface area contributed by atoms with E-state index in [-0.39, 0.29) is 18.1 Å². The first-order valence-corrected chi connectivity index (χ1v) is 7.19. The molecule has 116 valence electrons. The minimum atomic E-state index is -0.963. The van der Waals surface area contributed by atoms with Gasteiger partial charge in [0.2, 0.25) is 5.91 Å². The van der Waals surface area contributed by atoms with Crippen LogP contribution >= 0.6 is 0 Å². The molecule has 1 atom stereocenters. The van der Waals surface area contributed by atoms with E-state index in [2.05, 4.69) is 10.6 Å². The van der Waals surface area contributed by atoms with E-state index in [9.17, 15) is 13.6 Å². The first-order chi connectivity index (χ1) is 10.0. The fourth-order valence-corrected chi connectivity index (χ4v) is 2.60. The number of anilines is 1. The van der Waals surface area contributed by atoms with Gasteiger partial charge in [-0.15, -0.1) is 0 Å². The molecule has 2 rings (SSSR count). The maximum atomic E-state index is 13.1. The van der Waals surface area contributed by atoms with Crippen LogP contribution in [-0.2, 0) is 4.79 Å². The summed E-state index contributed by atoms with van der Waals surface area (Å²) in [5.41, 5.74) is 0.270. The predicted molar refractivity (Wildman–Crippen MR) is 78.1 cm³/mol. The number of piperidine rings is 1. The summed E-state index contributed by atoms with van der Waals surface area (Å²) in [5.74, 6) is -1.56. The summed E-state index contributed by atoms with van der Waals surface area (Å²) in [4.78, 5) is 13.8. The number of likely N-dealkylation sites (N-methyl/N-ethyl adjacent to an activating group) is 1. The third-order valence-electron chi connectivity index (χ3n) is 3.59. The second-order valence-electron chi connectivity index (χ2n) is 5.59. The van der Waals surface area contributed by atoms with E-state index in [0.717, 1.165) is 31.8 Å². The largest absolute Gasteiger partial charge is 0.325 e. The van der Waals surface area contributed by atoms with Gasteiger partial charge in [0.25, 0.3) is 0 Å². The van der Waals surface area contributed by atoms with Crippen LogP contribution in [0.25, 0.3) is 0 Å². The summed E-state index contributed by atoms with van der Waals surface area (Å²) in [5, 5.41) is 5.92. The first-order valence-electron chi connectivity index (χ1n) is 7.19. The Hall–Kier alpha value is -1.53. The van der Waals surface area contributed by atoms with Gasteiger partial charge >= 0.3 is 0 Å². The molecular weight excluding hydrogens is 276 g/mol. The molecule has 0 radical (unpaired) electrons. The summed E-state index contributed by atoms with van der Waals surface area (Å²) in [6.07, 6.45) is 2.34. The molecule has 1 aliphatic rings. The van der Waals surface area contributed by atoms with Gasteiger partial charge in [0.15, 0.2) is 11.6 Å². The molecule has 1 aliphatic heterocycles. The number of rotatable bonds is 5. The van der Waals surface area contributed by atoms with E-state index in [1.165, 1.54) is 18.9 Å². The van der Waals surface area contributed by atoms with Gasteiger partial charge in [-0.2, -0.15) is 0 Å². The van der Waals surface area contributed by atoms with Gasteiger partial charge in [-0.1, -0.05) is 0 Å². The Balaban J connectivity index is 1.78. The van der Waals surface area contributed by atoms with Crippen molar-refractivity contribution in [2.24, 2.45) is 5.92 Å². The van der Waals surface area contributed by atoms with Crippen LogP contribution in [0.15, 0.2) is 18.2 Å². The van der Waals surface area contributed by atoms with Crippen LogP contribution in [0, 0.1) is 17.6 Å². The standard InChI is InChI=1S/C15H21F2N3O/c1-20(9-11-3-2-6-18-8-11)10-15(21)19-12-4-5-13(16)14(17)7-12/h4-5,7,11,18H,2-3,6,8-10H2,1H3,(H,19,21). The highest BCUT2D eigenvalue weighted by molar-refractivity contribution is 5.92. The molecule has 1 fully saturated rings. The van der Waals surface area contributed by atoms with Crippen molar-refractivity contribution in [1.82, 2.24) is 10.2 Å². The number of amides is 1. The fraction of sp³-hybridized carbons (Fsp3) is 0.533. The van der Waals surface area contributed by atoms with Gasteiger partial charge in [0.05, 0.1) is 6.54 Å². The van der Waals surface area contributed by atoms with Crippen molar-refractivity contribution in [3.63, 3.8) is 0 Å². The Morgan fingerprint density at radius 1 is 1.43 bits per heavy atom. The number of nitrogens with zero attached hydrogens (tertiary/aromatic N) is 1. The monoisotopic (exact) mass is 297 g/mol. The normalized spacial score (nSPS) is 18.8. The highest BCUT2D eigenvalue weighted by Crippen LogP contribution is 2.14. The van der Waals surface area contributed by atoms with Crippen molar-refractivity contribution in [2.75, 3.05) is 38.5 Å². The van der Waals surface area contributed by atoms with E-state index in [1.807, 2.05) is 11.9 Å². The van der Waals surface area contributed by atoms with Crippen molar-refractivity contribution in [3.05, 3.63) is 29.8 Å². The zero-order chi connectivity index (χ0) is 15.2. The van der Waals surface area contributed by atoms with Crippen LogP contribution < -0.4 is 10.6 Å². The van der Waals surface area contributed by atoms with E-state index >= 15 is 0 Å². The van der Waals surface area contributed by atoms with Crippen LogP contribution in [0.2, 0.25) is 0 Å². The Labute approximate surface area is 123 Å². The molecule has 0 aliphatic carbocycles. The molecule has 1 saturated heterocycles. The van der Waals surface area contributed by atoms with Gasteiger partial charge in [-0.25, -0.2) is 8.78 Å². The van der Waals surface area contributed by atoms with Crippen molar-refractivity contribution in [2.45, 2.75) is 12.8 Å². The third kappa shape index (κ3) is 5.06. The fourth-order valence-electron chi connectivity index (χ4n) is 2.60. The average molecular weight is 297 g/mol. The van der Waals surface area contributed by atoms with Crippen LogP contribution in [-0.4, -0.2) is 44.0 Å². The molecule has 0 bridgehead atoms. The zero-order valence-electron chi connectivity index (χ0n) is 12.2. The number of hydrogen-bond donors (Lipinski definition) is 2. The molecule has 1 aromatic carbocycles. The number of hydrogen-bond acceptors (Lipinski definition) is 3. The smallest absolute Gasteiger partial charge is 0.238 e. The number of carbonyl (C=O) groups is 1. The second-order valence-corrected chi connectivity index (χ2v) is 5.59. The Morgan fingerprint density at radius 3 is 2.90 bits per heavy atom. The molecule has 0 spiro atoms. The van der Waals surface area contributed by atoms with Crippen LogP contribution in [0.1, 0.15) is 12.8 Å². The SMILES string of the molecule is CN(CC(=O)Nc1ccc(F)c(F)c1)CC1CCCNC1. The number of benzene rings is 1. The van der Waals surface area contributed by atoms with Gasteiger partial charge in [-0.05, 0) is 51.0 Å². The lowest BCUT2D eigenvalue weighted by molar-refractivity contribution is -0.117. The molecule has 6 heteroatoms. The minimum absolute atomic E-state index is 0.229. The van der Waals surface area contributed by atoms with E-state index in [0.29, 0.717) is 5.92 Å². The quantitative estimate of drug-likeness (QED) is 0.871. The van der Waals surface area contributed by atoms with E-state index in [1.54, 1.807) is 0 Å². The number of carbonyl (C=O) groups excluding carboxylic acids is 1. The number of nitrogens with one attached hydrogen (secondary N) is 2. The molecule has 1 amide bonds. The van der Waals surface area contributed by atoms with Crippen molar-refractivity contribution in [3.8, 4) is 0 Å². The lowest BCUT2D eigenvalue weighted by Crippen LogP contribution is -2.39. The zero-order valence-corrected chi connectivity index (χ0v) is 12.2. The summed E-state index contributed by atoms with van der Waals surface area (Å²) in [6, 6.07) is 3.34. The summed E-state index contributed by atoms with van der Waals surface area (Å²) < 4.78 is 25.9. The Kier molecular flexibility index (Phi) is 5.64. The molecule has 0 saturated carbocycles. The topological polar surface area (TPSA) is 44.4 Å². The Bertz CT molecular complexity index is 490. The second kappa shape index (κ2) is 7.47. The van der Waals surface area contributed by atoms with Crippen molar-refractivity contribution >= 4 is 11.6 Å². The van der Waals surface area contributed by atoms with Crippen LogP contribution in [0.5, 0.6) is 0 Å². The van der Waals surface area contributed by atoms with E-state index < -0.39 is 11.6 Å². The van der Waals surface area contributed by atoms with E-state index in [4.69, 9.17) is 0 Å². The summed E-state index contributed by atoms with van der Waals surface area (Å²) in [7, 11) is 1.89. The number of halogens is 2. The lowest BCUT2D eigenvalue weighted by Gasteiger charge is -2.27. The Morgan fingerprint density at radius 2 is 2.24 bits per heavy atom. The van der Waals surface area contributed by atoms with Crippen LogP contribution in [0.3, 0.4) is 0 Å². The predicted octanol–water partition coefficient (Wildman–Crippen LogP) is 1.83. The lowest BCUT2D eigenvalue weighted by atomic mass is 9.99. The first kappa shape index (κ1) is 15.9. The highest BCUT2D eigenvalue weighted by Gasteiger charge is 2.16. The maximum absolute atomic E-state index is 13.1. The van der Waals surface area contributed by atoms with Gasteiger partial charge in [-0.3, -0.25) is 9.69 Å². The minimum Gasteiger partial charge on any atom is -0.325 e. The van der Waals surface area contributed by atoms with Gasteiger partial charge < -0.3 is 10.6 Å². The molecule has 1 unspecified atom stereocenters. The van der Waals surface area contributed by atoms with Crippen molar-refractivity contribution < 1.29 is 13.6 Å². The third-order valence-corrected chi connectivity index (χ3v) is 3.59. The van der Waals surface area contributed by atoms with Crippen LogP contribution in [0.4, 0.5) is 14.5 Å². The molecule has 1 aromatic rings. The molecule has 0 aromatic heterocycles. The van der Waals surface area contributed by atoms with Gasteiger partial charge in [0, 0.05) is 18.3 Å². The molecule has 2 N–H and O–H groups in total. The average Bonchev–Trinajstić information content (AvgIpc) is 2.43. The molecule has 21 heavy (non-hydrogen) atoms. The molecular formula is C15H21F2N3O.